The van der Waals surface area contributed by atoms with Crippen molar-refractivity contribution in [1.29, 1.82) is 0 Å². The summed E-state index contributed by atoms with van der Waals surface area (Å²) in [4.78, 5) is 112. The number of pyridine rings is 8. The molecular weight excluding hydrogens is 1590 g/mol. The van der Waals surface area contributed by atoms with E-state index in [4.69, 9.17) is 27.9 Å². The number of aromatic amines is 2. The largest absolute Gasteiger partial charge is 0.381 e. The topological polar surface area (TPSA) is 239 Å². The number of rotatable bonds is 6. The van der Waals surface area contributed by atoms with Crippen LogP contribution in [-0.2, 0) is 4.74 Å². The molecule has 1 aliphatic heterocycles. The molecule has 9 heterocycles. The van der Waals surface area contributed by atoms with E-state index in [2.05, 4.69) is 52.5 Å². The van der Waals surface area contributed by atoms with Gasteiger partial charge in [-0.25, -0.2) is 19.9 Å². The van der Waals surface area contributed by atoms with Crippen LogP contribution in [0.1, 0.15) is 98.8 Å². The molecule has 23 heteroatoms. The number of carbonyl (C=O) groups excluding carboxylic acids is 4. The van der Waals surface area contributed by atoms with Crippen molar-refractivity contribution in [2.45, 2.75) is 68.2 Å². The monoisotopic (exact) mass is 1650 g/mol. The lowest BCUT2D eigenvalue weighted by Crippen LogP contribution is -2.21. The Labute approximate surface area is 596 Å². The number of ether oxygens (including phenoxy) is 1. The maximum atomic E-state index is 12.8. The van der Waals surface area contributed by atoms with Crippen LogP contribution in [0.5, 0.6) is 0 Å². The summed E-state index contributed by atoms with van der Waals surface area (Å²) in [6, 6.07) is 30.3. The van der Waals surface area contributed by atoms with E-state index in [1.165, 1.54) is 45.5 Å². The molecule has 1 aliphatic rings. The predicted molar refractivity (Wildman–Crippen MR) is 400 cm³/mol. The molecule has 17 nitrogen and oxygen atoms in total. The average Bonchev–Trinajstić information content (AvgIpc) is 0.844. The molecule has 0 aliphatic carbocycles. The number of nitrogens with zero attached hydrogens (tertiary/aromatic N) is 6. The van der Waals surface area contributed by atoms with E-state index in [1.54, 1.807) is 61.4 Å². The standard InChI is InChI=1S/C17H13ClN2O2.C17H13IN2O2.2C11H11NO.C6H3ClINO.C6H3FINO.C4H8O/c1-10-7-11(2)15-12(8-10)4-6-20(17(15)22)14-3-5-19-16(18)13(14)9-21;1-10-7-11(2)15-12(8-10)4-6-20(17(15)22)16-13(9-21)14(18)3-5-19-16;2*1-7-5-8(2)10-9(6-7)3-4-12-11(10)13;2*7-6-4(3-10)5(8)1-2-9-6;1-2-4-5-3-1/h2*3-9H,1-2H3;2*3-6H,1-2H3,(H,12,13);2*1-3H;1-4H2. The Balaban J connectivity index is 0.000000163. The van der Waals surface area contributed by atoms with Crippen LogP contribution in [-0.4, -0.2) is 77.4 Å². The normalized spacial score (nSPS) is 11.2. The van der Waals surface area contributed by atoms with Crippen LogP contribution in [0.15, 0.2) is 166 Å². The van der Waals surface area contributed by atoms with Gasteiger partial charge >= 0.3 is 0 Å². The number of benzene rings is 4. The minimum Gasteiger partial charge on any atom is -0.381 e. The first-order chi connectivity index (χ1) is 45.4. The third-order valence-corrected chi connectivity index (χ3v) is 17.9. The van der Waals surface area contributed by atoms with E-state index in [9.17, 15) is 42.7 Å². The molecule has 4 aromatic carbocycles. The lowest BCUT2D eigenvalue weighted by molar-refractivity contribution is 0.111. The smallest absolute Gasteiger partial charge is 0.264 e. The molecule has 13 rings (SSSR count). The van der Waals surface area contributed by atoms with Gasteiger partial charge in [0.2, 0.25) is 5.95 Å². The molecule has 0 amide bonds. The molecule has 0 spiro atoms. The van der Waals surface area contributed by atoms with E-state index >= 15 is 0 Å². The number of halogens is 6. The lowest BCUT2D eigenvalue weighted by atomic mass is 10.0. The molecule has 486 valence electrons. The first-order valence-corrected chi connectivity index (χ1v) is 33.1. The number of hydrogen-bond donors (Lipinski definition) is 2. The highest BCUT2D eigenvalue weighted by Crippen LogP contribution is 2.25. The second-order valence-electron chi connectivity index (χ2n) is 21.6. The fraction of sp³-hybridized carbons (Fsp3) is 0.167. The fourth-order valence-electron chi connectivity index (χ4n) is 10.4. The van der Waals surface area contributed by atoms with Gasteiger partial charge in [-0.2, -0.15) is 4.39 Å². The third-order valence-electron chi connectivity index (χ3n) is 14.5. The summed E-state index contributed by atoms with van der Waals surface area (Å²) < 4.78 is 22.5. The number of H-pyrrole nitrogens is 2. The van der Waals surface area contributed by atoms with Gasteiger partial charge in [-0.15, -0.1) is 0 Å². The Bertz CT molecular complexity index is 4760. The van der Waals surface area contributed by atoms with E-state index in [0.717, 1.165) is 92.3 Å². The average molecular weight is 1650 g/mol. The molecule has 0 unspecified atom stereocenters. The third kappa shape index (κ3) is 18.8. The van der Waals surface area contributed by atoms with Crippen molar-refractivity contribution in [3.63, 3.8) is 0 Å². The molecule has 0 atom stereocenters. The Hall–Kier alpha value is -8.34. The number of fused-ring (bicyclic) bond motifs is 4. The van der Waals surface area contributed by atoms with Gasteiger partial charge in [0.15, 0.2) is 31.0 Å². The maximum Gasteiger partial charge on any atom is 0.264 e. The highest BCUT2D eigenvalue weighted by atomic mass is 127. The molecular formula is C72H62Cl2FI3N8O9. The highest BCUT2D eigenvalue weighted by Gasteiger charge is 2.16. The number of aromatic nitrogens is 8. The summed E-state index contributed by atoms with van der Waals surface area (Å²) >= 11 is 17.5. The van der Waals surface area contributed by atoms with Crippen molar-refractivity contribution >= 4 is 159 Å². The van der Waals surface area contributed by atoms with Gasteiger partial charge in [0.25, 0.3) is 22.2 Å². The molecule has 95 heavy (non-hydrogen) atoms. The lowest BCUT2D eigenvalue weighted by Gasteiger charge is -2.11. The van der Waals surface area contributed by atoms with Crippen molar-refractivity contribution in [3.8, 4) is 11.5 Å². The van der Waals surface area contributed by atoms with Gasteiger partial charge in [0.05, 0.1) is 38.7 Å². The number of hydrogen-bond acceptors (Lipinski definition) is 13. The molecule has 0 saturated carbocycles. The van der Waals surface area contributed by atoms with Crippen LogP contribution >= 0.6 is 91.0 Å². The first-order valence-electron chi connectivity index (χ1n) is 29.1. The van der Waals surface area contributed by atoms with Crippen LogP contribution in [0, 0.1) is 72.0 Å². The van der Waals surface area contributed by atoms with Crippen molar-refractivity contribution in [2.24, 2.45) is 0 Å². The van der Waals surface area contributed by atoms with Gasteiger partial charge in [0, 0.05) is 84.3 Å². The molecule has 0 bridgehead atoms. The number of carbonyl (C=O) groups is 4. The zero-order valence-electron chi connectivity index (χ0n) is 52.6. The van der Waals surface area contributed by atoms with Crippen LogP contribution in [0.4, 0.5) is 4.39 Å². The second-order valence-corrected chi connectivity index (χ2v) is 25.8. The maximum absolute atomic E-state index is 12.8. The summed E-state index contributed by atoms with van der Waals surface area (Å²) in [7, 11) is 0. The van der Waals surface area contributed by atoms with Gasteiger partial charge in [-0.3, -0.25) is 47.5 Å². The van der Waals surface area contributed by atoms with E-state index in [-0.39, 0.29) is 43.7 Å². The fourth-order valence-corrected chi connectivity index (χ4v) is 12.5. The molecule has 12 aromatic rings. The Morgan fingerprint density at radius 1 is 0.453 bits per heavy atom. The van der Waals surface area contributed by atoms with Gasteiger partial charge in [-0.1, -0.05) is 94.0 Å². The molecule has 1 fully saturated rings. The number of aldehydes is 4. The minimum absolute atomic E-state index is 0.00463. The Kier molecular flexibility index (Phi) is 27.2. The minimum atomic E-state index is -0.707. The van der Waals surface area contributed by atoms with Gasteiger partial charge in [0.1, 0.15) is 10.3 Å². The zero-order chi connectivity index (χ0) is 69.2. The molecule has 8 aromatic heterocycles. The van der Waals surface area contributed by atoms with Crippen LogP contribution < -0.4 is 22.2 Å². The van der Waals surface area contributed by atoms with Crippen molar-refractivity contribution in [1.82, 2.24) is 39.0 Å². The number of nitrogens with one attached hydrogen (secondary N) is 2. The number of aryl methyl sites for hydroxylation is 8. The Morgan fingerprint density at radius 3 is 1.22 bits per heavy atom. The molecule has 2 N–H and O–H groups in total. The first kappa shape index (κ1) is 74.1. The predicted octanol–water partition coefficient (Wildman–Crippen LogP) is 15.8. The summed E-state index contributed by atoms with van der Waals surface area (Å²) in [5, 5.41) is 7.05. The van der Waals surface area contributed by atoms with Gasteiger partial charge < -0.3 is 14.7 Å². The summed E-state index contributed by atoms with van der Waals surface area (Å²) in [5.41, 5.74) is 9.71. The molecule has 0 radical (unpaired) electrons. The summed E-state index contributed by atoms with van der Waals surface area (Å²) in [6.45, 7) is 17.8. The van der Waals surface area contributed by atoms with E-state index in [0.29, 0.717) is 55.8 Å². The SMILES string of the molecule is C1CCOC1.Cc1cc(C)c2c(=O)[nH]ccc2c1.Cc1cc(C)c2c(=O)[nH]ccc2c1.Cc1cc(C)c2c(=O)n(-c3ccnc(Cl)c3C=O)ccc2c1.Cc1cc(C)c2c(=O)n(-c3nccc(I)c3C=O)ccc2c1.O=Cc1c(I)ccnc1Cl.O=Cc1c(I)ccnc1F. The Morgan fingerprint density at radius 2 is 0.821 bits per heavy atom. The zero-order valence-corrected chi connectivity index (χ0v) is 60.6. The van der Waals surface area contributed by atoms with Gasteiger partial charge in [-0.05, 0) is 228 Å². The van der Waals surface area contributed by atoms with Crippen LogP contribution in [0.3, 0.4) is 0 Å². The molecule has 1 saturated heterocycles. The van der Waals surface area contributed by atoms with E-state index in [1.807, 2.05) is 173 Å². The second kappa shape index (κ2) is 34.9. The van der Waals surface area contributed by atoms with Crippen molar-refractivity contribution in [2.75, 3.05) is 13.2 Å². The van der Waals surface area contributed by atoms with Crippen LogP contribution in [0.2, 0.25) is 10.3 Å². The highest BCUT2D eigenvalue weighted by molar-refractivity contribution is 14.1. The van der Waals surface area contributed by atoms with Crippen molar-refractivity contribution in [3.05, 3.63) is 282 Å². The van der Waals surface area contributed by atoms with Crippen molar-refractivity contribution < 1.29 is 28.3 Å². The summed E-state index contributed by atoms with van der Waals surface area (Å²) in [5.74, 6) is -0.337. The summed E-state index contributed by atoms with van der Waals surface area (Å²) in [6.07, 6.45) is 17.7. The van der Waals surface area contributed by atoms with E-state index < -0.39 is 5.95 Å². The van der Waals surface area contributed by atoms with Crippen LogP contribution in [0.25, 0.3) is 54.6 Å². The quantitative estimate of drug-likeness (QED) is 0.0896.